The van der Waals surface area contributed by atoms with Crippen LogP contribution in [0.25, 0.3) is 29.2 Å². The van der Waals surface area contributed by atoms with Gasteiger partial charge in [0.2, 0.25) is 0 Å². The summed E-state index contributed by atoms with van der Waals surface area (Å²) >= 11 is 0. The van der Waals surface area contributed by atoms with Gasteiger partial charge in [0.15, 0.2) is 0 Å². The van der Waals surface area contributed by atoms with Crippen LogP contribution in [-0.4, -0.2) is 25.2 Å². The van der Waals surface area contributed by atoms with Crippen molar-refractivity contribution in [3.63, 3.8) is 0 Å². The van der Waals surface area contributed by atoms with Crippen molar-refractivity contribution in [1.82, 2.24) is 0 Å². The molecule has 0 spiro atoms. The lowest BCUT2D eigenvalue weighted by Gasteiger charge is -2.14. The van der Waals surface area contributed by atoms with E-state index < -0.39 is 11.6 Å². The number of nitriles is 1. The molecule has 156 valence electrons. The Morgan fingerprint density at radius 1 is 1.13 bits per heavy atom. The van der Waals surface area contributed by atoms with Gasteiger partial charge >= 0.3 is 11.6 Å². The Balaban J connectivity index is 1.97. The second-order valence-corrected chi connectivity index (χ2v) is 7.19. The SMILES string of the molecule is CCc1c(/C=C/c2ccc(/C=C(\C#N)C(=O)O)cc2)c(=O)oc2cc(N(C)C)ccc12. The molecular weight excluding hydrogens is 392 g/mol. The molecule has 1 aromatic heterocycles. The molecular formula is C25H22N2O4. The highest BCUT2D eigenvalue weighted by atomic mass is 16.4. The third-order valence-corrected chi connectivity index (χ3v) is 4.95. The Kier molecular flexibility index (Phi) is 6.37. The van der Waals surface area contributed by atoms with Gasteiger partial charge in [-0.2, -0.15) is 5.26 Å². The highest BCUT2D eigenvalue weighted by Crippen LogP contribution is 2.26. The van der Waals surface area contributed by atoms with Crippen molar-refractivity contribution in [1.29, 1.82) is 5.26 Å². The number of rotatable bonds is 6. The zero-order chi connectivity index (χ0) is 22.5. The van der Waals surface area contributed by atoms with Crippen molar-refractivity contribution in [3.05, 3.63) is 80.7 Å². The van der Waals surface area contributed by atoms with Gasteiger partial charge in [0.1, 0.15) is 17.2 Å². The Hall–Kier alpha value is -4.11. The lowest BCUT2D eigenvalue weighted by molar-refractivity contribution is -0.132. The zero-order valence-corrected chi connectivity index (χ0v) is 17.5. The maximum absolute atomic E-state index is 12.7. The van der Waals surface area contributed by atoms with Crippen molar-refractivity contribution >= 4 is 40.9 Å². The average molecular weight is 414 g/mol. The van der Waals surface area contributed by atoms with Crippen LogP contribution in [0, 0.1) is 11.3 Å². The van der Waals surface area contributed by atoms with Gasteiger partial charge in [0.05, 0.1) is 5.56 Å². The predicted octanol–water partition coefficient (Wildman–Crippen LogP) is 4.58. The fourth-order valence-electron chi connectivity index (χ4n) is 3.29. The molecule has 0 radical (unpaired) electrons. The first-order valence-electron chi connectivity index (χ1n) is 9.74. The van der Waals surface area contributed by atoms with E-state index in [1.807, 2.05) is 44.1 Å². The van der Waals surface area contributed by atoms with E-state index in [1.54, 1.807) is 42.5 Å². The zero-order valence-electron chi connectivity index (χ0n) is 17.5. The smallest absolute Gasteiger partial charge is 0.346 e. The van der Waals surface area contributed by atoms with Crippen LogP contribution in [-0.2, 0) is 11.2 Å². The van der Waals surface area contributed by atoms with Gasteiger partial charge in [0, 0.05) is 31.2 Å². The molecule has 0 bridgehead atoms. The quantitative estimate of drug-likeness (QED) is 0.360. The average Bonchev–Trinajstić information content (AvgIpc) is 2.75. The number of hydrogen-bond acceptors (Lipinski definition) is 5. The van der Waals surface area contributed by atoms with Gasteiger partial charge in [-0.25, -0.2) is 9.59 Å². The number of carboxylic acid groups (broad SMARTS) is 1. The third-order valence-electron chi connectivity index (χ3n) is 4.95. The summed E-state index contributed by atoms with van der Waals surface area (Å²) in [6.45, 7) is 2.00. The minimum absolute atomic E-state index is 0.331. The second kappa shape index (κ2) is 9.14. The minimum Gasteiger partial charge on any atom is -0.477 e. The van der Waals surface area contributed by atoms with E-state index in [-0.39, 0.29) is 5.57 Å². The first-order chi connectivity index (χ1) is 14.8. The van der Waals surface area contributed by atoms with Gasteiger partial charge in [-0.3, -0.25) is 0 Å². The first kappa shape index (κ1) is 21.6. The normalized spacial score (nSPS) is 11.6. The van der Waals surface area contributed by atoms with Crippen molar-refractivity contribution in [2.75, 3.05) is 19.0 Å². The number of aliphatic carboxylic acids is 1. The van der Waals surface area contributed by atoms with Crippen LogP contribution in [0.15, 0.2) is 57.2 Å². The number of hydrogen-bond donors (Lipinski definition) is 1. The molecule has 1 N–H and O–H groups in total. The molecule has 6 nitrogen and oxygen atoms in total. The fourth-order valence-corrected chi connectivity index (χ4v) is 3.29. The molecule has 0 fully saturated rings. The lowest BCUT2D eigenvalue weighted by Crippen LogP contribution is -2.10. The van der Waals surface area contributed by atoms with Crippen LogP contribution in [0.3, 0.4) is 0 Å². The summed E-state index contributed by atoms with van der Waals surface area (Å²) in [4.78, 5) is 25.6. The second-order valence-electron chi connectivity index (χ2n) is 7.19. The van der Waals surface area contributed by atoms with E-state index in [2.05, 4.69) is 0 Å². The molecule has 1 heterocycles. The standard InChI is InChI=1S/C25H22N2O4/c1-4-20-21-12-10-19(27(2)3)14-23(21)31-25(30)22(20)11-9-16-5-7-17(8-6-16)13-18(15-26)24(28)29/h5-14H,4H2,1-3H3,(H,28,29)/b11-9+,18-13+. The van der Waals surface area contributed by atoms with Crippen molar-refractivity contribution in [3.8, 4) is 6.07 Å². The minimum atomic E-state index is -1.26. The molecule has 0 saturated heterocycles. The summed E-state index contributed by atoms with van der Waals surface area (Å²) in [5, 5.41) is 18.7. The van der Waals surface area contributed by atoms with E-state index in [9.17, 15) is 9.59 Å². The fraction of sp³-hybridized carbons (Fsp3) is 0.160. The van der Waals surface area contributed by atoms with Crippen LogP contribution >= 0.6 is 0 Å². The molecule has 0 aliphatic rings. The highest BCUT2D eigenvalue weighted by Gasteiger charge is 2.12. The van der Waals surface area contributed by atoms with Crippen molar-refractivity contribution in [2.45, 2.75) is 13.3 Å². The van der Waals surface area contributed by atoms with Crippen LogP contribution < -0.4 is 10.5 Å². The molecule has 0 aliphatic heterocycles. The van der Waals surface area contributed by atoms with Crippen LogP contribution in [0.1, 0.15) is 29.2 Å². The van der Waals surface area contributed by atoms with Gasteiger partial charge in [-0.15, -0.1) is 0 Å². The van der Waals surface area contributed by atoms with Crippen LogP contribution in [0.2, 0.25) is 0 Å². The molecule has 31 heavy (non-hydrogen) atoms. The monoisotopic (exact) mass is 414 g/mol. The van der Waals surface area contributed by atoms with Gasteiger partial charge in [-0.1, -0.05) is 37.3 Å². The highest BCUT2D eigenvalue weighted by molar-refractivity contribution is 5.96. The Morgan fingerprint density at radius 2 is 1.81 bits per heavy atom. The van der Waals surface area contributed by atoms with Crippen LogP contribution in [0.4, 0.5) is 5.69 Å². The van der Waals surface area contributed by atoms with Gasteiger partial charge < -0.3 is 14.4 Å². The topological polar surface area (TPSA) is 94.5 Å². The van der Waals surface area contributed by atoms with E-state index in [4.69, 9.17) is 14.8 Å². The number of fused-ring (bicyclic) bond motifs is 1. The maximum atomic E-state index is 12.7. The van der Waals surface area contributed by atoms with E-state index in [0.29, 0.717) is 23.1 Å². The summed E-state index contributed by atoms with van der Waals surface area (Å²) in [5.74, 6) is -1.26. The number of nitrogens with zero attached hydrogens (tertiary/aromatic N) is 2. The van der Waals surface area contributed by atoms with Crippen molar-refractivity contribution < 1.29 is 14.3 Å². The summed E-state index contributed by atoms with van der Waals surface area (Å²) < 4.78 is 5.58. The van der Waals surface area contributed by atoms with Crippen LogP contribution in [0.5, 0.6) is 0 Å². The summed E-state index contributed by atoms with van der Waals surface area (Å²) in [5.41, 5.74) is 3.66. The van der Waals surface area contributed by atoms with E-state index in [0.717, 1.165) is 22.2 Å². The molecule has 3 rings (SSSR count). The molecule has 3 aromatic rings. The summed E-state index contributed by atoms with van der Waals surface area (Å²) in [6, 6.07) is 14.5. The largest absolute Gasteiger partial charge is 0.477 e. The Bertz CT molecular complexity index is 1290. The predicted molar refractivity (Wildman–Crippen MR) is 123 cm³/mol. The summed E-state index contributed by atoms with van der Waals surface area (Å²) in [6.07, 6.45) is 5.54. The van der Waals surface area contributed by atoms with Gasteiger partial charge in [-0.05, 0) is 47.4 Å². The molecule has 0 atom stereocenters. The molecule has 2 aromatic carbocycles. The molecule has 0 unspecified atom stereocenters. The van der Waals surface area contributed by atoms with Gasteiger partial charge in [0.25, 0.3) is 0 Å². The Morgan fingerprint density at radius 3 is 2.39 bits per heavy atom. The molecule has 0 saturated carbocycles. The molecule has 0 aliphatic carbocycles. The number of benzene rings is 2. The first-order valence-corrected chi connectivity index (χ1v) is 9.74. The number of carbonyl (C=O) groups is 1. The van der Waals surface area contributed by atoms with E-state index >= 15 is 0 Å². The lowest BCUT2D eigenvalue weighted by atomic mass is 10.0. The van der Waals surface area contributed by atoms with E-state index in [1.165, 1.54) is 6.08 Å². The summed E-state index contributed by atoms with van der Waals surface area (Å²) in [7, 11) is 3.86. The molecule has 6 heteroatoms. The maximum Gasteiger partial charge on any atom is 0.346 e. The number of aryl methyl sites for hydroxylation is 1. The van der Waals surface area contributed by atoms with Crippen molar-refractivity contribution in [2.24, 2.45) is 0 Å². The Labute approximate surface area is 180 Å². The number of anilines is 1. The third kappa shape index (κ3) is 4.73. The number of carboxylic acids is 1. The molecule has 0 amide bonds.